The maximum Gasteiger partial charge on any atom is 0.278 e. The largest absolute Gasteiger partial charge is 0.378 e. The van der Waals surface area contributed by atoms with Crippen LogP contribution >= 0.6 is 11.3 Å². The predicted octanol–water partition coefficient (Wildman–Crippen LogP) is 2.06. The summed E-state index contributed by atoms with van der Waals surface area (Å²) in [6.07, 6.45) is 0. The maximum absolute atomic E-state index is 10.7. The van der Waals surface area contributed by atoms with Crippen molar-refractivity contribution in [2.24, 2.45) is 10.8 Å². The number of para-hydroxylation sites is 1. The number of aliphatic imine (C=N–C) groups is 1. The molecule has 1 unspecified atom stereocenters. The van der Waals surface area contributed by atoms with Gasteiger partial charge in [-0.2, -0.15) is 4.55 Å². The molecule has 152 valence electrons. The predicted molar refractivity (Wildman–Crippen MR) is 118 cm³/mol. The number of thiazole rings is 1. The molecule has 11 heteroatoms. The maximum atomic E-state index is 10.7. The Hall–Kier alpha value is -2.41. The Bertz CT molecular complexity index is 958. The van der Waals surface area contributed by atoms with Gasteiger partial charge in [-0.25, -0.2) is 15.8 Å². The first-order valence-corrected chi connectivity index (χ1v) is 11.0. The SMILES string of the molecule is NNC(=Nc1cccc([S+](O)N2CCOCC2)c1)NNc1nc2ccccc2s1. The lowest BCUT2D eigenvalue weighted by atomic mass is 10.3. The zero-order chi connectivity index (χ0) is 20.1. The van der Waals surface area contributed by atoms with E-state index in [0.717, 1.165) is 15.1 Å². The number of hydrazine groups is 2. The molecule has 2 aromatic carbocycles. The van der Waals surface area contributed by atoms with Gasteiger partial charge in [0.1, 0.15) is 0 Å². The Morgan fingerprint density at radius 3 is 2.83 bits per heavy atom. The molecule has 0 amide bonds. The van der Waals surface area contributed by atoms with Gasteiger partial charge in [-0.1, -0.05) is 33.8 Å². The second-order valence-corrected chi connectivity index (χ2v) is 8.69. The minimum atomic E-state index is -1.00. The van der Waals surface area contributed by atoms with Crippen molar-refractivity contribution in [1.82, 2.24) is 20.1 Å². The monoisotopic (exact) mass is 432 g/mol. The summed E-state index contributed by atoms with van der Waals surface area (Å²) in [5.41, 5.74) is 10.1. The van der Waals surface area contributed by atoms with Crippen molar-refractivity contribution >= 4 is 49.7 Å². The fourth-order valence-electron chi connectivity index (χ4n) is 2.80. The van der Waals surface area contributed by atoms with Crippen molar-refractivity contribution in [1.29, 1.82) is 0 Å². The molecular weight excluding hydrogens is 410 g/mol. The number of benzene rings is 2. The van der Waals surface area contributed by atoms with Crippen LogP contribution in [0.25, 0.3) is 10.2 Å². The number of fused-ring (bicyclic) bond motifs is 1. The van der Waals surface area contributed by atoms with Crippen molar-refractivity contribution in [3.05, 3.63) is 48.5 Å². The average molecular weight is 433 g/mol. The molecule has 1 fully saturated rings. The second-order valence-electron chi connectivity index (χ2n) is 6.14. The molecule has 0 saturated carbocycles. The third-order valence-corrected chi connectivity index (χ3v) is 6.68. The summed E-state index contributed by atoms with van der Waals surface area (Å²) < 4.78 is 19.1. The first kappa shape index (κ1) is 19.9. The van der Waals surface area contributed by atoms with Gasteiger partial charge in [0.15, 0.2) is 0 Å². The van der Waals surface area contributed by atoms with Gasteiger partial charge < -0.3 is 4.74 Å². The number of hydrogen-bond acceptors (Lipinski definition) is 8. The van der Waals surface area contributed by atoms with Crippen LogP contribution in [-0.2, 0) is 16.1 Å². The van der Waals surface area contributed by atoms with Crippen molar-refractivity contribution in [3.63, 3.8) is 0 Å². The molecule has 0 spiro atoms. The topological polar surface area (TPSA) is 120 Å². The first-order chi connectivity index (χ1) is 14.2. The Balaban J connectivity index is 1.44. The third-order valence-electron chi connectivity index (χ3n) is 4.20. The summed E-state index contributed by atoms with van der Waals surface area (Å²) in [6.45, 7) is 2.67. The molecule has 1 aliphatic heterocycles. The van der Waals surface area contributed by atoms with Gasteiger partial charge in [0, 0.05) is 6.07 Å². The Morgan fingerprint density at radius 2 is 2.03 bits per heavy atom. The Kier molecular flexibility index (Phi) is 6.44. The Labute approximate surface area is 175 Å². The second kappa shape index (κ2) is 9.39. The molecule has 6 N–H and O–H groups in total. The quantitative estimate of drug-likeness (QED) is 0.137. The molecule has 29 heavy (non-hydrogen) atoms. The summed E-state index contributed by atoms with van der Waals surface area (Å²) in [5, 5.41) is 0.701. The minimum absolute atomic E-state index is 0.325. The molecular formula is C18H22N7O2S2+. The number of nitrogens with zero attached hydrogens (tertiary/aromatic N) is 3. The van der Waals surface area contributed by atoms with Crippen LogP contribution in [0.2, 0.25) is 0 Å². The zero-order valence-corrected chi connectivity index (χ0v) is 17.2. The summed E-state index contributed by atoms with van der Waals surface area (Å²) in [5.74, 6) is 5.93. The van der Waals surface area contributed by atoms with E-state index < -0.39 is 11.4 Å². The zero-order valence-electron chi connectivity index (χ0n) is 15.5. The molecule has 0 bridgehead atoms. The van der Waals surface area contributed by atoms with Crippen molar-refractivity contribution < 1.29 is 9.29 Å². The van der Waals surface area contributed by atoms with Crippen LogP contribution in [0.1, 0.15) is 0 Å². The number of anilines is 1. The van der Waals surface area contributed by atoms with Crippen LogP contribution < -0.4 is 22.1 Å². The van der Waals surface area contributed by atoms with E-state index in [2.05, 4.69) is 26.3 Å². The minimum Gasteiger partial charge on any atom is -0.378 e. The van der Waals surface area contributed by atoms with Crippen molar-refractivity contribution in [2.75, 3.05) is 31.7 Å². The third kappa shape index (κ3) is 4.96. The van der Waals surface area contributed by atoms with E-state index in [1.165, 1.54) is 11.3 Å². The standard InChI is InChI=1S/C18H22N7O2S2/c19-22-17(23-24-18-21-15-6-1-2-7-16(15)28-18)20-13-4-3-5-14(12-13)29(26)25-8-10-27-11-9-25/h1-7,12,26H,8-11,19H2,(H,21,24)(H2,20,22,23)/q+1. The average Bonchev–Trinajstić information content (AvgIpc) is 3.20. The van der Waals surface area contributed by atoms with E-state index in [0.29, 0.717) is 43.1 Å². The molecule has 1 aliphatic rings. The number of nitrogens with one attached hydrogen (secondary N) is 3. The van der Waals surface area contributed by atoms with E-state index in [4.69, 9.17) is 10.6 Å². The van der Waals surface area contributed by atoms with Gasteiger partial charge in [0.05, 0.1) is 42.2 Å². The molecule has 0 aliphatic carbocycles. The number of rotatable bonds is 5. The van der Waals surface area contributed by atoms with Crippen molar-refractivity contribution in [2.45, 2.75) is 4.90 Å². The van der Waals surface area contributed by atoms with Gasteiger partial charge in [-0.3, -0.25) is 16.3 Å². The lowest BCUT2D eigenvalue weighted by Gasteiger charge is -2.21. The van der Waals surface area contributed by atoms with Crippen LogP contribution in [0.3, 0.4) is 0 Å². The van der Waals surface area contributed by atoms with E-state index in [1.807, 2.05) is 52.8 Å². The van der Waals surface area contributed by atoms with Crippen molar-refractivity contribution in [3.8, 4) is 0 Å². The number of guanidine groups is 1. The summed E-state index contributed by atoms with van der Waals surface area (Å²) in [4.78, 5) is 9.75. The van der Waals surface area contributed by atoms with Gasteiger partial charge in [-0.05, 0) is 24.3 Å². The van der Waals surface area contributed by atoms with Gasteiger partial charge in [0.25, 0.3) is 11.4 Å². The Morgan fingerprint density at radius 1 is 1.21 bits per heavy atom. The van der Waals surface area contributed by atoms with Crippen LogP contribution in [0, 0.1) is 0 Å². The fourth-order valence-corrected chi connectivity index (χ4v) is 4.84. The van der Waals surface area contributed by atoms with Gasteiger partial charge in [-0.15, -0.1) is 0 Å². The van der Waals surface area contributed by atoms with E-state index in [1.54, 1.807) is 0 Å². The highest BCUT2D eigenvalue weighted by molar-refractivity contribution is 7.89. The van der Waals surface area contributed by atoms with Crippen LogP contribution in [-0.4, -0.2) is 46.1 Å². The number of morpholine rings is 1. The van der Waals surface area contributed by atoms with Gasteiger partial charge in [0.2, 0.25) is 16.0 Å². The number of aromatic nitrogens is 1. The van der Waals surface area contributed by atoms with E-state index in [-0.39, 0.29) is 0 Å². The van der Waals surface area contributed by atoms with Crippen LogP contribution in [0.5, 0.6) is 0 Å². The summed E-state index contributed by atoms with van der Waals surface area (Å²) in [6, 6.07) is 15.3. The lowest BCUT2D eigenvalue weighted by molar-refractivity contribution is 0.0733. The van der Waals surface area contributed by atoms with Gasteiger partial charge >= 0.3 is 0 Å². The van der Waals surface area contributed by atoms with E-state index in [9.17, 15) is 4.55 Å². The summed E-state index contributed by atoms with van der Waals surface area (Å²) in [7, 11) is 0. The molecule has 1 atom stereocenters. The van der Waals surface area contributed by atoms with E-state index >= 15 is 0 Å². The highest BCUT2D eigenvalue weighted by atomic mass is 32.2. The molecule has 1 saturated heterocycles. The molecule has 4 rings (SSSR count). The lowest BCUT2D eigenvalue weighted by Crippen LogP contribution is -2.44. The highest BCUT2D eigenvalue weighted by Gasteiger charge is 2.32. The number of ether oxygens (including phenoxy) is 1. The smallest absolute Gasteiger partial charge is 0.278 e. The molecule has 9 nitrogen and oxygen atoms in total. The molecule has 1 aromatic heterocycles. The number of hydrogen-bond donors (Lipinski definition) is 5. The van der Waals surface area contributed by atoms with Crippen LogP contribution in [0.4, 0.5) is 10.8 Å². The molecule has 0 radical (unpaired) electrons. The molecule has 3 aromatic rings. The summed E-state index contributed by atoms with van der Waals surface area (Å²) >= 11 is 0.521. The number of nitrogens with two attached hydrogens (primary N) is 1. The fraction of sp³-hybridized carbons (Fsp3) is 0.222. The normalized spacial score (nSPS) is 16.6. The molecule has 2 heterocycles. The highest BCUT2D eigenvalue weighted by Crippen LogP contribution is 2.25. The van der Waals surface area contributed by atoms with Crippen LogP contribution in [0.15, 0.2) is 58.4 Å². The first-order valence-electron chi connectivity index (χ1n) is 9.02.